The first kappa shape index (κ1) is 15.0. The molecule has 2 rings (SSSR count). The lowest BCUT2D eigenvalue weighted by atomic mass is 10.1. The number of halogens is 2. The van der Waals surface area contributed by atoms with Crippen LogP contribution in [0.15, 0.2) is 46.9 Å². The molecule has 0 aliphatic heterocycles. The van der Waals surface area contributed by atoms with Gasteiger partial charge in [0.25, 0.3) is 0 Å². The van der Waals surface area contributed by atoms with Crippen LogP contribution >= 0.6 is 15.9 Å². The molecule has 4 heteroatoms. The second-order valence-electron chi connectivity index (χ2n) is 4.49. The van der Waals surface area contributed by atoms with E-state index in [1.165, 1.54) is 6.07 Å². The third-order valence-electron chi connectivity index (χ3n) is 3.06. The van der Waals surface area contributed by atoms with E-state index in [2.05, 4.69) is 15.9 Å². The Bertz CT molecular complexity index is 586. The van der Waals surface area contributed by atoms with E-state index in [9.17, 15) is 9.50 Å². The fourth-order valence-electron chi connectivity index (χ4n) is 1.90. The number of aliphatic hydroxyl groups excluding tert-OH is 1. The maximum Gasteiger partial charge on any atom is 0.130 e. The number of para-hydroxylation sites is 1. The molecular weight excluding hydrogens is 323 g/mol. The van der Waals surface area contributed by atoms with Gasteiger partial charge in [0, 0.05) is 15.6 Å². The highest BCUT2D eigenvalue weighted by Gasteiger charge is 2.12. The van der Waals surface area contributed by atoms with Crippen molar-refractivity contribution in [2.24, 2.45) is 0 Å². The van der Waals surface area contributed by atoms with Gasteiger partial charge >= 0.3 is 0 Å². The summed E-state index contributed by atoms with van der Waals surface area (Å²) in [7, 11) is 0. The molecule has 20 heavy (non-hydrogen) atoms. The van der Waals surface area contributed by atoms with Gasteiger partial charge in [-0.1, -0.05) is 47.1 Å². The zero-order chi connectivity index (χ0) is 14.5. The molecule has 2 aromatic rings. The predicted molar refractivity (Wildman–Crippen MR) is 80.1 cm³/mol. The van der Waals surface area contributed by atoms with Gasteiger partial charge in [-0.25, -0.2) is 4.39 Å². The monoisotopic (exact) mass is 338 g/mol. The van der Waals surface area contributed by atoms with Crippen LogP contribution in [0.1, 0.15) is 30.6 Å². The average molecular weight is 339 g/mol. The lowest BCUT2D eigenvalue weighted by Gasteiger charge is -2.15. The van der Waals surface area contributed by atoms with Crippen molar-refractivity contribution >= 4 is 15.9 Å². The number of hydrogen-bond donors (Lipinski definition) is 1. The third-order valence-corrected chi connectivity index (χ3v) is 3.56. The summed E-state index contributed by atoms with van der Waals surface area (Å²) in [6.07, 6.45) is 0.0356. The number of benzene rings is 2. The molecule has 0 amide bonds. The molecule has 0 fully saturated rings. The van der Waals surface area contributed by atoms with Crippen LogP contribution in [-0.2, 0) is 6.61 Å². The van der Waals surface area contributed by atoms with Gasteiger partial charge in [-0.15, -0.1) is 0 Å². The van der Waals surface area contributed by atoms with Gasteiger partial charge in [0.2, 0.25) is 0 Å². The summed E-state index contributed by atoms with van der Waals surface area (Å²) in [5, 5.41) is 9.94. The molecule has 0 heterocycles. The summed E-state index contributed by atoms with van der Waals surface area (Å²) in [6.45, 7) is 2.03. The van der Waals surface area contributed by atoms with Crippen molar-refractivity contribution in [1.29, 1.82) is 0 Å². The Hall–Kier alpha value is -1.39. The van der Waals surface area contributed by atoms with E-state index in [1.54, 1.807) is 18.2 Å². The summed E-state index contributed by atoms with van der Waals surface area (Å²) in [6, 6.07) is 12.1. The van der Waals surface area contributed by atoms with E-state index in [0.717, 1.165) is 5.56 Å². The van der Waals surface area contributed by atoms with Crippen molar-refractivity contribution in [1.82, 2.24) is 0 Å². The number of ether oxygens (including phenoxy) is 1. The highest BCUT2D eigenvalue weighted by atomic mass is 79.9. The lowest BCUT2D eigenvalue weighted by Crippen LogP contribution is -2.03. The molecule has 106 valence electrons. The summed E-state index contributed by atoms with van der Waals surface area (Å²) in [5.41, 5.74) is 1.21. The average Bonchev–Trinajstić information content (AvgIpc) is 2.46. The van der Waals surface area contributed by atoms with Crippen molar-refractivity contribution < 1.29 is 14.2 Å². The Morgan fingerprint density at radius 3 is 2.70 bits per heavy atom. The topological polar surface area (TPSA) is 29.5 Å². The predicted octanol–water partition coefficient (Wildman–Crippen LogP) is 4.61. The molecule has 1 N–H and O–H groups in total. The minimum atomic E-state index is -0.569. The molecule has 0 bridgehead atoms. The van der Waals surface area contributed by atoms with E-state index in [1.807, 2.05) is 25.1 Å². The maximum atomic E-state index is 13.7. The molecule has 0 saturated carbocycles. The normalized spacial score (nSPS) is 12.2. The number of aliphatic hydroxyl groups is 1. The molecule has 2 aromatic carbocycles. The standard InChI is InChI=1S/C16H16BrFO2/c1-2-15(19)13-5-3-4-6-16(13)20-10-11-7-8-12(17)9-14(11)18/h3-9,15,19H,2,10H2,1H3. The highest BCUT2D eigenvalue weighted by Crippen LogP contribution is 2.28. The van der Waals surface area contributed by atoms with Crippen LogP contribution in [0.3, 0.4) is 0 Å². The molecule has 0 aromatic heterocycles. The van der Waals surface area contributed by atoms with E-state index < -0.39 is 6.10 Å². The first-order valence-corrected chi connectivity index (χ1v) is 7.24. The summed E-state index contributed by atoms with van der Waals surface area (Å²) >= 11 is 3.22. The summed E-state index contributed by atoms with van der Waals surface area (Å²) in [4.78, 5) is 0. The van der Waals surface area contributed by atoms with Gasteiger partial charge in [0.15, 0.2) is 0 Å². The molecule has 2 nitrogen and oxygen atoms in total. The molecule has 0 saturated heterocycles. The Labute approximate surface area is 126 Å². The molecular formula is C16H16BrFO2. The van der Waals surface area contributed by atoms with E-state index in [4.69, 9.17) is 4.74 Å². The number of hydrogen-bond acceptors (Lipinski definition) is 2. The van der Waals surface area contributed by atoms with Crippen molar-refractivity contribution in [3.05, 3.63) is 63.9 Å². The van der Waals surface area contributed by atoms with Crippen LogP contribution < -0.4 is 4.74 Å². The first-order valence-electron chi connectivity index (χ1n) is 6.45. The zero-order valence-corrected chi connectivity index (χ0v) is 12.7. The first-order chi connectivity index (χ1) is 9.61. The van der Waals surface area contributed by atoms with Gasteiger partial charge in [-0.2, -0.15) is 0 Å². The van der Waals surface area contributed by atoms with Crippen LogP contribution in [0.2, 0.25) is 0 Å². The Kier molecular flexibility index (Phi) is 5.15. The minimum absolute atomic E-state index is 0.132. The summed E-state index contributed by atoms with van der Waals surface area (Å²) < 4.78 is 20.1. The SMILES string of the molecule is CCC(O)c1ccccc1OCc1ccc(Br)cc1F. The van der Waals surface area contributed by atoms with E-state index in [-0.39, 0.29) is 12.4 Å². The van der Waals surface area contributed by atoms with Gasteiger partial charge in [-0.05, 0) is 24.6 Å². The number of rotatable bonds is 5. The van der Waals surface area contributed by atoms with Gasteiger partial charge in [-0.3, -0.25) is 0 Å². The van der Waals surface area contributed by atoms with Gasteiger partial charge < -0.3 is 9.84 Å². The van der Waals surface area contributed by atoms with E-state index in [0.29, 0.717) is 22.2 Å². The Morgan fingerprint density at radius 2 is 2.00 bits per heavy atom. The van der Waals surface area contributed by atoms with Crippen molar-refractivity contribution in [3.63, 3.8) is 0 Å². The fraction of sp³-hybridized carbons (Fsp3) is 0.250. The van der Waals surface area contributed by atoms with Crippen LogP contribution in [0.4, 0.5) is 4.39 Å². The molecule has 0 radical (unpaired) electrons. The van der Waals surface area contributed by atoms with Crippen LogP contribution in [-0.4, -0.2) is 5.11 Å². The second kappa shape index (κ2) is 6.86. The molecule has 0 aliphatic rings. The quantitative estimate of drug-likeness (QED) is 0.862. The van der Waals surface area contributed by atoms with E-state index >= 15 is 0 Å². The highest BCUT2D eigenvalue weighted by molar-refractivity contribution is 9.10. The minimum Gasteiger partial charge on any atom is -0.488 e. The largest absolute Gasteiger partial charge is 0.488 e. The zero-order valence-electron chi connectivity index (χ0n) is 11.1. The maximum absolute atomic E-state index is 13.7. The summed E-state index contributed by atoms with van der Waals surface area (Å²) in [5.74, 6) is 0.275. The molecule has 1 atom stereocenters. The van der Waals surface area contributed by atoms with Crippen LogP contribution in [0.25, 0.3) is 0 Å². The van der Waals surface area contributed by atoms with Crippen molar-refractivity contribution in [3.8, 4) is 5.75 Å². The van der Waals surface area contributed by atoms with Crippen LogP contribution in [0.5, 0.6) is 5.75 Å². The van der Waals surface area contributed by atoms with Crippen LogP contribution in [0, 0.1) is 5.82 Å². The van der Waals surface area contributed by atoms with Gasteiger partial charge in [0.1, 0.15) is 18.2 Å². The molecule has 0 aliphatic carbocycles. The Morgan fingerprint density at radius 1 is 1.25 bits per heavy atom. The fourth-order valence-corrected chi connectivity index (χ4v) is 2.23. The Balaban J connectivity index is 2.15. The van der Waals surface area contributed by atoms with Crippen molar-refractivity contribution in [2.75, 3.05) is 0 Å². The second-order valence-corrected chi connectivity index (χ2v) is 5.40. The van der Waals surface area contributed by atoms with Gasteiger partial charge in [0.05, 0.1) is 6.10 Å². The smallest absolute Gasteiger partial charge is 0.130 e. The van der Waals surface area contributed by atoms with Crippen molar-refractivity contribution in [2.45, 2.75) is 26.1 Å². The third kappa shape index (κ3) is 3.58. The molecule has 1 unspecified atom stereocenters. The lowest BCUT2D eigenvalue weighted by molar-refractivity contribution is 0.166. The molecule has 0 spiro atoms.